The number of nitrogens with zero attached hydrogens (tertiary/aromatic N) is 2. The van der Waals surface area contributed by atoms with Gasteiger partial charge in [-0.1, -0.05) is 50.6 Å². The Morgan fingerprint density at radius 2 is 1.62 bits per heavy atom. The third-order valence-electron chi connectivity index (χ3n) is 6.22. The summed E-state index contributed by atoms with van der Waals surface area (Å²) >= 11 is -1.25. The maximum absolute atomic E-state index is 13.6. The molecular formula is C25H33F3N2OS. The van der Waals surface area contributed by atoms with Crippen LogP contribution in [-0.2, 0) is 30.5 Å². The monoisotopic (exact) mass is 466 g/mol. The number of hydrogen-bond acceptors (Lipinski definition) is 3. The lowest BCUT2D eigenvalue weighted by Crippen LogP contribution is -2.58. The average Bonchev–Trinajstić information content (AvgIpc) is 2.73. The Hall–Kier alpha value is -1.54. The number of rotatable bonds is 7. The van der Waals surface area contributed by atoms with Crippen LogP contribution in [-0.4, -0.2) is 38.9 Å². The molecule has 0 radical (unpaired) electrons. The fourth-order valence-corrected chi connectivity index (χ4v) is 5.99. The van der Waals surface area contributed by atoms with E-state index in [4.69, 9.17) is 0 Å². The van der Waals surface area contributed by atoms with E-state index < -0.39 is 23.1 Å². The predicted octanol–water partition coefficient (Wildman–Crippen LogP) is 5.91. The Balaban J connectivity index is 1.69. The molecule has 0 bridgehead atoms. The van der Waals surface area contributed by atoms with Gasteiger partial charge in [0.1, 0.15) is 0 Å². The van der Waals surface area contributed by atoms with Gasteiger partial charge in [0.2, 0.25) is 0 Å². The number of hydrogen-bond donors (Lipinski definition) is 0. The lowest BCUT2D eigenvalue weighted by Gasteiger charge is -2.43. The topological polar surface area (TPSA) is 29.5 Å². The van der Waals surface area contributed by atoms with Crippen LogP contribution < -0.4 is 0 Å². The Labute approximate surface area is 192 Å². The van der Waals surface area contributed by atoms with Crippen LogP contribution in [0.1, 0.15) is 50.8 Å². The summed E-state index contributed by atoms with van der Waals surface area (Å²) < 4.78 is 54.1. The summed E-state index contributed by atoms with van der Waals surface area (Å²) in [6, 6.07) is 13.5. The molecule has 0 aromatic heterocycles. The molecule has 0 aliphatic carbocycles. The van der Waals surface area contributed by atoms with Crippen LogP contribution >= 0.6 is 0 Å². The van der Waals surface area contributed by atoms with E-state index in [-0.39, 0.29) is 12.1 Å². The third-order valence-corrected chi connectivity index (χ3v) is 8.10. The van der Waals surface area contributed by atoms with Gasteiger partial charge in [-0.3, -0.25) is 4.90 Å². The first-order valence-corrected chi connectivity index (χ1v) is 12.4. The van der Waals surface area contributed by atoms with Gasteiger partial charge in [0.05, 0.1) is 29.0 Å². The molecule has 0 spiro atoms. The number of halogens is 3. The van der Waals surface area contributed by atoms with Gasteiger partial charge in [0.25, 0.3) is 0 Å². The number of piperazine rings is 1. The molecule has 32 heavy (non-hydrogen) atoms. The summed E-state index contributed by atoms with van der Waals surface area (Å²) in [6.07, 6.45) is -2.33. The molecule has 7 heteroatoms. The summed E-state index contributed by atoms with van der Waals surface area (Å²) in [7, 11) is 0. The predicted molar refractivity (Wildman–Crippen MR) is 123 cm³/mol. The SMILES string of the molecule is CCC(C)Cc1ccccc1[S+]([O-])N1C(C)CN(Cc2ccc(C(F)(F)F)cc2)CC1C. The minimum atomic E-state index is -4.32. The van der Waals surface area contributed by atoms with Crippen molar-refractivity contribution in [2.45, 2.75) is 70.2 Å². The van der Waals surface area contributed by atoms with Crippen molar-refractivity contribution >= 4 is 11.4 Å². The van der Waals surface area contributed by atoms with Crippen LogP contribution in [0, 0.1) is 5.92 Å². The minimum absolute atomic E-state index is 0.0608. The Morgan fingerprint density at radius 1 is 1.03 bits per heavy atom. The van der Waals surface area contributed by atoms with Crippen LogP contribution in [0.15, 0.2) is 53.4 Å². The molecule has 1 aliphatic rings. The Bertz CT molecular complexity index is 862. The maximum atomic E-state index is 13.6. The summed E-state index contributed by atoms with van der Waals surface area (Å²) in [5, 5.41) is 0. The molecule has 2 aromatic carbocycles. The third kappa shape index (κ3) is 6.07. The molecule has 4 unspecified atom stereocenters. The van der Waals surface area contributed by atoms with Crippen LogP contribution in [0.3, 0.4) is 0 Å². The van der Waals surface area contributed by atoms with Crippen LogP contribution in [0.5, 0.6) is 0 Å². The summed E-state index contributed by atoms with van der Waals surface area (Å²) in [4.78, 5) is 3.12. The van der Waals surface area contributed by atoms with Crippen molar-refractivity contribution in [3.05, 3.63) is 65.2 Å². The summed E-state index contributed by atoms with van der Waals surface area (Å²) in [5.74, 6) is 0.531. The molecule has 176 valence electrons. The van der Waals surface area contributed by atoms with Crippen molar-refractivity contribution in [2.24, 2.45) is 5.92 Å². The van der Waals surface area contributed by atoms with Gasteiger partial charge < -0.3 is 4.55 Å². The van der Waals surface area contributed by atoms with E-state index in [1.165, 1.54) is 0 Å². The van der Waals surface area contributed by atoms with E-state index >= 15 is 0 Å². The zero-order valence-corrected chi connectivity index (χ0v) is 20.0. The van der Waals surface area contributed by atoms with E-state index in [1.807, 2.05) is 18.2 Å². The highest BCUT2D eigenvalue weighted by molar-refractivity contribution is 7.89. The smallest absolute Gasteiger partial charge is 0.416 e. The van der Waals surface area contributed by atoms with Gasteiger partial charge in [0, 0.05) is 25.2 Å². The molecular weight excluding hydrogens is 433 g/mol. The summed E-state index contributed by atoms with van der Waals surface area (Å²) in [6.45, 7) is 10.5. The van der Waals surface area contributed by atoms with Crippen LogP contribution in [0.4, 0.5) is 13.2 Å². The Kier molecular flexibility index (Phi) is 8.31. The zero-order valence-electron chi connectivity index (χ0n) is 19.2. The second-order valence-corrected chi connectivity index (χ2v) is 10.4. The average molecular weight is 467 g/mol. The molecule has 3 rings (SSSR count). The van der Waals surface area contributed by atoms with E-state index in [0.717, 1.165) is 41.0 Å². The Morgan fingerprint density at radius 3 is 2.19 bits per heavy atom. The number of alkyl halides is 3. The first-order valence-electron chi connectivity index (χ1n) is 11.3. The quantitative estimate of drug-likeness (QED) is 0.475. The second kappa shape index (κ2) is 10.6. The van der Waals surface area contributed by atoms with Crippen molar-refractivity contribution in [1.29, 1.82) is 0 Å². The van der Waals surface area contributed by atoms with Gasteiger partial charge >= 0.3 is 6.18 Å². The molecule has 2 aromatic rings. The van der Waals surface area contributed by atoms with Crippen molar-refractivity contribution < 1.29 is 17.7 Å². The summed E-state index contributed by atoms with van der Waals surface area (Å²) in [5.41, 5.74) is 1.37. The maximum Gasteiger partial charge on any atom is 0.416 e. The normalized spacial score (nSPS) is 22.6. The van der Waals surface area contributed by atoms with E-state index in [0.29, 0.717) is 25.6 Å². The first kappa shape index (κ1) is 25.1. The highest BCUT2D eigenvalue weighted by atomic mass is 32.2. The van der Waals surface area contributed by atoms with Gasteiger partial charge in [-0.15, -0.1) is 4.31 Å². The van der Waals surface area contributed by atoms with Gasteiger partial charge in [-0.2, -0.15) is 13.2 Å². The zero-order chi connectivity index (χ0) is 23.5. The molecule has 4 atom stereocenters. The van der Waals surface area contributed by atoms with E-state index in [1.54, 1.807) is 12.1 Å². The van der Waals surface area contributed by atoms with Gasteiger partial charge in [0.15, 0.2) is 4.90 Å². The van der Waals surface area contributed by atoms with Crippen molar-refractivity contribution in [3.63, 3.8) is 0 Å². The number of benzene rings is 2. The van der Waals surface area contributed by atoms with E-state index in [2.05, 4.69) is 43.0 Å². The molecule has 3 nitrogen and oxygen atoms in total. The second-order valence-electron chi connectivity index (χ2n) is 9.02. The fraction of sp³-hybridized carbons (Fsp3) is 0.520. The highest BCUT2D eigenvalue weighted by Crippen LogP contribution is 2.31. The first-order chi connectivity index (χ1) is 15.1. The standard InChI is InChI=1S/C25H33F3N2OS/c1-5-18(2)14-22-8-6-7-9-24(22)32(31)30-19(3)15-29(16-20(30)4)17-21-10-12-23(13-11-21)25(26,27)28/h6-13,18-20H,5,14-17H2,1-4H3. The van der Waals surface area contributed by atoms with Gasteiger partial charge in [-0.05, 0) is 49.9 Å². The largest absolute Gasteiger partial charge is 0.593 e. The van der Waals surface area contributed by atoms with Crippen molar-refractivity contribution in [1.82, 2.24) is 9.21 Å². The molecule has 1 fully saturated rings. The van der Waals surface area contributed by atoms with Crippen molar-refractivity contribution in [3.8, 4) is 0 Å². The van der Waals surface area contributed by atoms with Crippen molar-refractivity contribution in [2.75, 3.05) is 13.1 Å². The molecule has 1 saturated heterocycles. The molecule has 1 heterocycles. The minimum Gasteiger partial charge on any atom is -0.593 e. The van der Waals surface area contributed by atoms with Gasteiger partial charge in [-0.25, -0.2) is 0 Å². The van der Waals surface area contributed by atoms with Crippen LogP contribution in [0.2, 0.25) is 0 Å². The lowest BCUT2D eigenvalue weighted by molar-refractivity contribution is -0.137. The molecule has 1 aliphatic heterocycles. The molecule has 0 amide bonds. The fourth-order valence-electron chi connectivity index (χ4n) is 4.41. The molecule has 0 saturated carbocycles. The highest BCUT2D eigenvalue weighted by Gasteiger charge is 2.39. The lowest BCUT2D eigenvalue weighted by atomic mass is 9.99. The van der Waals surface area contributed by atoms with E-state index in [9.17, 15) is 17.7 Å². The van der Waals surface area contributed by atoms with Crippen LogP contribution in [0.25, 0.3) is 0 Å². The molecule has 0 N–H and O–H groups in total.